The molecule has 1 rings (SSSR count). The second-order valence-corrected chi connectivity index (χ2v) is 4.02. The molecule has 3 nitrogen and oxygen atoms in total. The lowest BCUT2D eigenvalue weighted by Crippen LogP contribution is -2.33. The Labute approximate surface area is 79.3 Å². The van der Waals surface area contributed by atoms with Crippen molar-refractivity contribution >= 4 is 5.97 Å². The number of carboxylic acids is 1. The minimum Gasteiger partial charge on any atom is -0.481 e. The zero-order chi connectivity index (χ0) is 9.84. The molecule has 0 aliphatic heterocycles. The highest BCUT2D eigenvalue weighted by Crippen LogP contribution is 2.30. The predicted octanol–water partition coefficient (Wildman–Crippen LogP) is 1.61. The number of nitrogens with two attached hydrogens (primary N) is 1. The molecule has 0 aromatic carbocycles. The van der Waals surface area contributed by atoms with Gasteiger partial charge in [-0.1, -0.05) is 6.92 Å². The van der Waals surface area contributed by atoms with Crippen LogP contribution in [0.1, 0.15) is 39.0 Å². The Hall–Kier alpha value is -0.570. The molecule has 3 N–H and O–H groups in total. The fraction of sp³-hybridized carbons (Fsp3) is 0.900. The van der Waals surface area contributed by atoms with Crippen LogP contribution in [0.5, 0.6) is 0 Å². The maximum atomic E-state index is 10.7. The number of hydrogen-bond acceptors (Lipinski definition) is 2. The molecule has 13 heavy (non-hydrogen) atoms. The van der Waals surface area contributed by atoms with Crippen molar-refractivity contribution in [3.63, 3.8) is 0 Å². The molecule has 0 radical (unpaired) electrons. The molecule has 1 saturated carbocycles. The average molecular weight is 185 g/mol. The van der Waals surface area contributed by atoms with Gasteiger partial charge in [0.2, 0.25) is 0 Å². The Morgan fingerprint density at radius 2 is 2.00 bits per heavy atom. The van der Waals surface area contributed by atoms with Gasteiger partial charge in [-0.25, -0.2) is 0 Å². The normalized spacial score (nSPS) is 31.2. The van der Waals surface area contributed by atoms with E-state index in [9.17, 15) is 4.79 Å². The molecule has 0 bridgehead atoms. The van der Waals surface area contributed by atoms with Crippen molar-refractivity contribution in [3.05, 3.63) is 0 Å². The molecule has 1 fully saturated rings. The molecule has 0 aromatic heterocycles. The smallest absolute Gasteiger partial charge is 0.306 e. The Morgan fingerprint density at radius 1 is 1.46 bits per heavy atom. The first-order chi connectivity index (χ1) is 6.15. The molecule has 0 saturated heterocycles. The molecule has 1 unspecified atom stereocenters. The van der Waals surface area contributed by atoms with Crippen molar-refractivity contribution in [3.8, 4) is 0 Å². The van der Waals surface area contributed by atoms with Crippen molar-refractivity contribution < 1.29 is 9.90 Å². The van der Waals surface area contributed by atoms with Gasteiger partial charge in [0.05, 0.1) is 5.92 Å². The monoisotopic (exact) mass is 185 g/mol. The highest BCUT2D eigenvalue weighted by molar-refractivity contribution is 5.69. The maximum absolute atomic E-state index is 10.7. The molecular formula is C10H19NO2. The van der Waals surface area contributed by atoms with Gasteiger partial charge in [-0.05, 0) is 38.0 Å². The fourth-order valence-corrected chi connectivity index (χ4v) is 2.13. The van der Waals surface area contributed by atoms with Gasteiger partial charge in [0.15, 0.2) is 0 Å². The zero-order valence-electron chi connectivity index (χ0n) is 8.20. The van der Waals surface area contributed by atoms with Gasteiger partial charge in [0, 0.05) is 6.04 Å². The first-order valence-corrected chi connectivity index (χ1v) is 5.13. The van der Waals surface area contributed by atoms with Crippen molar-refractivity contribution in [1.29, 1.82) is 0 Å². The van der Waals surface area contributed by atoms with Crippen LogP contribution in [0.2, 0.25) is 0 Å². The summed E-state index contributed by atoms with van der Waals surface area (Å²) in [6.45, 7) is 2.09. The van der Waals surface area contributed by atoms with E-state index in [2.05, 4.69) is 6.92 Å². The van der Waals surface area contributed by atoms with E-state index in [1.165, 1.54) is 0 Å². The lowest BCUT2D eigenvalue weighted by Gasteiger charge is -2.29. The van der Waals surface area contributed by atoms with Crippen LogP contribution < -0.4 is 5.73 Å². The minimum absolute atomic E-state index is 0.111. The zero-order valence-corrected chi connectivity index (χ0v) is 8.20. The van der Waals surface area contributed by atoms with E-state index >= 15 is 0 Å². The van der Waals surface area contributed by atoms with E-state index < -0.39 is 5.97 Å². The molecule has 1 atom stereocenters. The van der Waals surface area contributed by atoms with Crippen LogP contribution in [0.25, 0.3) is 0 Å². The molecule has 0 heterocycles. The maximum Gasteiger partial charge on any atom is 0.306 e. The first-order valence-electron chi connectivity index (χ1n) is 5.13. The van der Waals surface area contributed by atoms with Crippen LogP contribution >= 0.6 is 0 Å². The van der Waals surface area contributed by atoms with Crippen LogP contribution in [0, 0.1) is 11.8 Å². The molecule has 76 valence electrons. The van der Waals surface area contributed by atoms with Crippen LogP contribution in [0.4, 0.5) is 0 Å². The summed E-state index contributed by atoms with van der Waals surface area (Å²) in [4.78, 5) is 10.7. The largest absolute Gasteiger partial charge is 0.481 e. The topological polar surface area (TPSA) is 63.3 Å². The third-order valence-corrected chi connectivity index (χ3v) is 3.20. The van der Waals surface area contributed by atoms with Crippen molar-refractivity contribution in [2.45, 2.75) is 45.1 Å². The molecule has 1 aliphatic rings. The third kappa shape index (κ3) is 2.69. The van der Waals surface area contributed by atoms with Crippen LogP contribution in [0.15, 0.2) is 0 Å². The number of carboxylic acid groups (broad SMARTS) is 1. The minimum atomic E-state index is -0.636. The standard InChI is InChI=1S/C10H19NO2/c1-2-9(11)7-3-5-8(6-4-7)10(12)13/h7-9H,2-6,11H2,1H3,(H,12,13). The van der Waals surface area contributed by atoms with Gasteiger partial charge in [-0.3, -0.25) is 4.79 Å². The lowest BCUT2D eigenvalue weighted by molar-refractivity contribution is -0.143. The predicted molar refractivity (Wildman–Crippen MR) is 51.4 cm³/mol. The van der Waals surface area contributed by atoms with Crippen LogP contribution in [-0.4, -0.2) is 17.1 Å². The van der Waals surface area contributed by atoms with Crippen molar-refractivity contribution in [2.24, 2.45) is 17.6 Å². The average Bonchev–Trinajstić information content (AvgIpc) is 2.17. The summed E-state index contributed by atoms with van der Waals surface area (Å²) in [5.74, 6) is -0.190. The van der Waals surface area contributed by atoms with Gasteiger partial charge in [-0.15, -0.1) is 0 Å². The van der Waals surface area contributed by atoms with E-state index in [0.717, 1.165) is 32.1 Å². The Balaban J connectivity index is 2.34. The van der Waals surface area contributed by atoms with Gasteiger partial charge in [0.1, 0.15) is 0 Å². The Kier molecular flexibility index (Phi) is 3.72. The quantitative estimate of drug-likeness (QED) is 0.702. The number of carbonyl (C=O) groups is 1. The van der Waals surface area contributed by atoms with Crippen LogP contribution in [0.3, 0.4) is 0 Å². The molecule has 3 heteroatoms. The summed E-state index contributed by atoms with van der Waals surface area (Å²) in [6, 6.07) is 0.273. The van der Waals surface area contributed by atoms with Gasteiger partial charge in [-0.2, -0.15) is 0 Å². The molecule has 0 spiro atoms. The molecule has 1 aliphatic carbocycles. The van der Waals surface area contributed by atoms with E-state index in [1.807, 2.05) is 0 Å². The van der Waals surface area contributed by atoms with E-state index in [1.54, 1.807) is 0 Å². The van der Waals surface area contributed by atoms with E-state index in [-0.39, 0.29) is 12.0 Å². The number of hydrogen-bond donors (Lipinski definition) is 2. The second-order valence-electron chi connectivity index (χ2n) is 4.02. The summed E-state index contributed by atoms with van der Waals surface area (Å²) >= 11 is 0. The van der Waals surface area contributed by atoms with Gasteiger partial charge in [0.25, 0.3) is 0 Å². The number of aliphatic carboxylic acids is 1. The fourth-order valence-electron chi connectivity index (χ4n) is 2.13. The number of rotatable bonds is 3. The van der Waals surface area contributed by atoms with E-state index in [4.69, 9.17) is 10.8 Å². The van der Waals surface area contributed by atoms with Crippen LogP contribution in [-0.2, 0) is 4.79 Å². The highest BCUT2D eigenvalue weighted by atomic mass is 16.4. The third-order valence-electron chi connectivity index (χ3n) is 3.20. The molecule has 0 amide bonds. The lowest BCUT2D eigenvalue weighted by atomic mass is 9.78. The summed E-state index contributed by atoms with van der Waals surface area (Å²) in [7, 11) is 0. The van der Waals surface area contributed by atoms with E-state index in [0.29, 0.717) is 5.92 Å². The molecular weight excluding hydrogens is 166 g/mol. The van der Waals surface area contributed by atoms with Crippen molar-refractivity contribution in [2.75, 3.05) is 0 Å². The summed E-state index contributed by atoms with van der Waals surface area (Å²) in [6.07, 6.45) is 4.61. The van der Waals surface area contributed by atoms with Gasteiger partial charge >= 0.3 is 5.97 Å². The van der Waals surface area contributed by atoms with Gasteiger partial charge < -0.3 is 10.8 Å². The summed E-state index contributed by atoms with van der Waals surface area (Å²) in [5.41, 5.74) is 5.92. The summed E-state index contributed by atoms with van der Waals surface area (Å²) < 4.78 is 0. The Morgan fingerprint density at radius 3 is 2.38 bits per heavy atom. The first kappa shape index (κ1) is 10.5. The second kappa shape index (κ2) is 4.61. The highest BCUT2D eigenvalue weighted by Gasteiger charge is 2.28. The summed E-state index contributed by atoms with van der Waals surface area (Å²) in [5, 5.41) is 8.79. The Bertz CT molecular complexity index is 174. The SMILES string of the molecule is CCC(N)C1CCC(C(=O)O)CC1. The van der Waals surface area contributed by atoms with Crippen molar-refractivity contribution in [1.82, 2.24) is 0 Å². The molecule has 0 aromatic rings.